The minimum atomic E-state index is -4.07. The fourth-order valence-electron chi connectivity index (χ4n) is 3.50. The maximum Gasteiger partial charge on any atom is 0.296 e. The van der Waals surface area contributed by atoms with Gasteiger partial charge in [0, 0.05) is 18.6 Å². The maximum atomic E-state index is 13.3. The van der Waals surface area contributed by atoms with Gasteiger partial charge in [-0.2, -0.15) is 0 Å². The van der Waals surface area contributed by atoms with Gasteiger partial charge in [-0.25, -0.2) is 13.1 Å². The fourth-order valence-corrected chi connectivity index (χ4v) is 4.82. The molecular weight excluding hydrogens is 416 g/mol. The van der Waals surface area contributed by atoms with Crippen LogP contribution in [-0.2, 0) is 17.1 Å². The Morgan fingerprint density at radius 1 is 1.06 bits per heavy atom. The fraction of sp³-hybridized carbons (Fsp3) is 0.182. The lowest BCUT2D eigenvalue weighted by Gasteiger charge is -2.12. The Morgan fingerprint density at radius 3 is 2.52 bits per heavy atom. The first-order valence-electron chi connectivity index (χ1n) is 9.72. The van der Waals surface area contributed by atoms with Crippen LogP contribution in [0.25, 0.3) is 16.6 Å². The number of sulfonamides is 1. The highest BCUT2D eigenvalue weighted by atomic mass is 32.2. The zero-order chi connectivity index (χ0) is 22.2. The van der Waals surface area contributed by atoms with Crippen LogP contribution < -0.4 is 15.0 Å². The van der Waals surface area contributed by atoms with Gasteiger partial charge >= 0.3 is 0 Å². The van der Waals surface area contributed by atoms with Crippen molar-refractivity contribution < 1.29 is 13.2 Å². The predicted molar refractivity (Wildman–Crippen MR) is 119 cm³/mol. The van der Waals surface area contributed by atoms with Crippen LogP contribution in [0, 0.1) is 6.92 Å². The summed E-state index contributed by atoms with van der Waals surface area (Å²) in [5.74, 6) is 0.499. The van der Waals surface area contributed by atoms with E-state index in [4.69, 9.17) is 4.74 Å². The van der Waals surface area contributed by atoms with E-state index in [1.807, 2.05) is 25.1 Å². The van der Waals surface area contributed by atoms with E-state index in [9.17, 15) is 13.2 Å². The van der Waals surface area contributed by atoms with Gasteiger partial charge in [0.25, 0.3) is 15.6 Å². The lowest BCUT2D eigenvalue weighted by Crippen LogP contribution is -2.23. The molecule has 0 bridgehead atoms. The molecule has 2 aromatic carbocycles. The van der Waals surface area contributed by atoms with Crippen molar-refractivity contribution in [2.45, 2.75) is 18.7 Å². The first-order chi connectivity index (χ1) is 14.8. The highest BCUT2D eigenvalue weighted by Crippen LogP contribution is 2.30. The average molecular weight is 439 g/mol. The number of fused-ring (bicyclic) bond motifs is 1. The van der Waals surface area contributed by atoms with Crippen LogP contribution in [0.5, 0.6) is 5.75 Å². The molecule has 0 atom stereocenters. The van der Waals surface area contributed by atoms with Crippen LogP contribution in [0.2, 0.25) is 0 Å². The molecule has 0 aliphatic heterocycles. The summed E-state index contributed by atoms with van der Waals surface area (Å²) in [4.78, 5) is 17.4. The smallest absolute Gasteiger partial charge is 0.296 e. The second kappa shape index (κ2) is 7.92. The number of hydrogen-bond acceptors (Lipinski definition) is 5. The molecule has 0 amide bonds. The van der Waals surface area contributed by atoms with E-state index in [1.54, 1.807) is 55.2 Å². The van der Waals surface area contributed by atoms with Crippen molar-refractivity contribution >= 4 is 26.6 Å². The Labute approximate surface area is 179 Å². The van der Waals surface area contributed by atoms with Gasteiger partial charge in [0.1, 0.15) is 17.0 Å². The van der Waals surface area contributed by atoms with Gasteiger partial charge < -0.3 is 4.74 Å². The molecule has 1 N–H and O–H groups in total. The van der Waals surface area contributed by atoms with Crippen molar-refractivity contribution in [3.8, 4) is 11.4 Å². The number of nitrogens with one attached hydrogen (secondary N) is 1. The second-order valence-corrected chi connectivity index (χ2v) is 8.59. The van der Waals surface area contributed by atoms with E-state index in [1.165, 1.54) is 10.7 Å². The van der Waals surface area contributed by atoms with Gasteiger partial charge in [-0.15, -0.1) is 0 Å². The summed E-state index contributed by atoms with van der Waals surface area (Å²) in [5, 5.41) is 0.415. The molecule has 0 aliphatic carbocycles. The maximum absolute atomic E-state index is 13.3. The molecule has 9 heteroatoms. The molecule has 2 aromatic heterocycles. The van der Waals surface area contributed by atoms with Gasteiger partial charge in [-0.3, -0.25) is 19.2 Å². The molecule has 0 unspecified atom stereocenters. The molecule has 4 aromatic rings. The third-order valence-corrected chi connectivity index (χ3v) is 6.48. The average Bonchev–Trinajstić information content (AvgIpc) is 2.97. The summed E-state index contributed by atoms with van der Waals surface area (Å²) < 4.78 is 37.7. The number of para-hydroxylation sites is 1. The van der Waals surface area contributed by atoms with Gasteiger partial charge in [0.05, 0.1) is 22.9 Å². The lowest BCUT2D eigenvalue weighted by molar-refractivity contribution is 0.343. The Balaban J connectivity index is 1.83. The summed E-state index contributed by atoms with van der Waals surface area (Å²) in [6, 6.07) is 15.4. The number of hydrogen-bond donors (Lipinski definition) is 1. The van der Waals surface area contributed by atoms with Crippen LogP contribution in [0.15, 0.2) is 70.5 Å². The molecule has 0 aliphatic rings. The van der Waals surface area contributed by atoms with Crippen molar-refractivity contribution in [3.05, 3.63) is 76.8 Å². The number of aromatic nitrogens is 3. The summed E-state index contributed by atoms with van der Waals surface area (Å²) in [7, 11) is -2.37. The minimum Gasteiger partial charge on any atom is -0.492 e. The topological polar surface area (TPSA) is 95.2 Å². The first kappa shape index (κ1) is 20.7. The van der Waals surface area contributed by atoms with Crippen molar-refractivity contribution in [2.24, 2.45) is 7.05 Å². The van der Waals surface area contributed by atoms with Crippen LogP contribution in [0.1, 0.15) is 12.6 Å². The Hall–Kier alpha value is -3.59. The molecule has 8 nitrogen and oxygen atoms in total. The van der Waals surface area contributed by atoms with Crippen LogP contribution >= 0.6 is 0 Å². The summed E-state index contributed by atoms with van der Waals surface area (Å²) in [5.41, 5.74) is 1.11. The van der Waals surface area contributed by atoms with Crippen LogP contribution in [-0.4, -0.2) is 29.4 Å². The standard InChI is InChI=1S/C22H22N4O4S/c1-4-30-18-12-13-19(17-11-8-14-23-21(17)18)31(28,29)24-20-15(2)25(3)26(22(20)27)16-9-6-5-7-10-16/h5-14,24H,4H2,1-3H3. The number of nitrogens with zero attached hydrogens (tertiary/aromatic N) is 3. The van der Waals surface area contributed by atoms with Crippen molar-refractivity contribution in [3.63, 3.8) is 0 Å². The van der Waals surface area contributed by atoms with Gasteiger partial charge in [0.15, 0.2) is 0 Å². The van der Waals surface area contributed by atoms with Gasteiger partial charge in [0.2, 0.25) is 0 Å². The highest BCUT2D eigenvalue weighted by molar-refractivity contribution is 7.93. The van der Waals surface area contributed by atoms with E-state index < -0.39 is 15.6 Å². The highest BCUT2D eigenvalue weighted by Gasteiger charge is 2.25. The zero-order valence-corrected chi connectivity index (χ0v) is 18.2. The van der Waals surface area contributed by atoms with E-state index in [0.717, 1.165) is 0 Å². The molecule has 31 heavy (non-hydrogen) atoms. The molecule has 0 saturated heterocycles. The summed E-state index contributed by atoms with van der Waals surface area (Å²) >= 11 is 0. The van der Waals surface area contributed by atoms with E-state index in [2.05, 4.69) is 9.71 Å². The molecule has 2 heterocycles. The minimum absolute atomic E-state index is 0.00252. The summed E-state index contributed by atoms with van der Waals surface area (Å²) in [6.45, 7) is 3.96. The number of ether oxygens (including phenoxy) is 1. The molecule has 4 rings (SSSR count). The van der Waals surface area contributed by atoms with Crippen LogP contribution in [0.4, 0.5) is 5.69 Å². The molecule has 0 spiro atoms. The van der Waals surface area contributed by atoms with Gasteiger partial charge in [-0.1, -0.05) is 18.2 Å². The van der Waals surface area contributed by atoms with E-state index in [0.29, 0.717) is 34.6 Å². The molecule has 160 valence electrons. The number of anilines is 1. The molecule has 0 radical (unpaired) electrons. The van der Waals surface area contributed by atoms with E-state index in [-0.39, 0.29) is 10.6 Å². The summed E-state index contributed by atoms with van der Waals surface area (Å²) in [6.07, 6.45) is 1.58. The van der Waals surface area contributed by atoms with Crippen molar-refractivity contribution in [2.75, 3.05) is 11.3 Å². The Bertz CT molecular complexity index is 1420. The number of rotatable bonds is 6. The number of pyridine rings is 1. The lowest BCUT2D eigenvalue weighted by atomic mass is 10.2. The second-order valence-electron chi connectivity index (χ2n) is 6.94. The predicted octanol–water partition coefficient (Wildman–Crippen LogP) is 3.23. The molecule has 0 fully saturated rings. The largest absolute Gasteiger partial charge is 0.492 e. The van der Waals surface area contributed by atoms with Crippen molar-refractivity contribution in [1.29, 1.82) is 0 Å². The zero-order valence-electron chi connectivity index (χ0n) is 17.4. The normalized spacial score (nSPS) is 11.6. The van der Waals surface area contributed by atoms with E-state index >= 15 is 0 Å². The van der Waals surface area contributed by atoms with Gasteiger partial charge in [-0.05, 0) is 50.2 Å². The molecular formula is C22H22N4O4S. The SMILES string of the molecule is CCOc1ccc(S(=O)(=O)Nc2c(C)n(C)n(-c3ccccc3)c2=O)c2cccnc12. The molecule has 0 saturated carbocycles. The number of benzene rings is 2. The monoisotopic (exact) mass is 438 g/mol. The third kappa shape index (κ3) is 3.57. The Morgan fingerprint density at radius 2 is 1.81 bits per heavy atom. The first-order valence-corrected chi connectivity index (χ1v) is 11.2. The van der Waals surface area contributed by atoms with Crippen molar-refractivity contribution in [1.82, 2.24) is 14.3 Å². The van der Waals surface area contributed by atoms with Crippen LogP contribution in [0.3, 0.4) is 0 Å². The Kier molecular flexibility index (Phi) is 5.28. The third-order valence-electron chi connectivity index (χ3n) is 5.07. The quantitative estimate of drug-likeness (QED) is 0.499.